The Bertz CT molecular complexity index is 456. The average molecular weight is 324 g/mol. The van der Waals surface area contributed by atoms with E-state index in [1.54, 1.807) is 0 Å². The summed E-state index contributed by atoms with van der Waals surface area (Å²) in [5, 5.41) is 3.62. The Kier molecular flexibility index (Phi) is 4.13. The number of fused-ring (bicyclic) bond motifs is 1. The number of benzene rings is 1. The van der Waals surface area contributed by atoms with Crippen LogP contribution in [-0.4, -0.2) is 19.2 Å². The van der Waals surface area contributed by atoms with Gasteiger partial charge in [-0.3, -0.25) is 0 Å². The highest BCUT2D eigenvalue weighted by molar-refractivity contribution is 9.10. The van der Waals surface area contributed by atoms with E-state index in [1.165, 1.54) is 34.9 Å². The molecule has 1 atom stereocenters. The molecule has 104 valence electrons. The highest BCUT2D eigenvalue weighted by Crippen LogP contribution is 2.34. The lowest BCUT2D eigenvalue weighted by atomic mass is 9.98. The van der Waals surface area contributed by atoms with Crippen LogP contribution in [0.1, 0.15) is 37.3 Å². The van der Waals surface area contributed by atoms with E-state index in [9.17, 15) is 0 Å². The van der Waals surface area contributed by atoms with Crippen LogP contribution in [-0.2, 0) is 12.8 Å². The van der Waals surface area contributed by atoms with E-state index in [-0.39, 0.29) is 0 Å². The molecule has 1 aliphatic heterocycles. The Morgan fingerprint density at radius 2 is 2.26 bits per heavy atom. The third-order valence-corrected chi connectivity index (χ3v) is 4.52. The summed E-state index contributed by atoms with van der Waals surface area (Å²) in [6, 6.07) is 5.25. The Morgan fingerprint density at radius 3 is 3.05 bits per heavy atom. The lowest BCUT2D eigenvalue weighted by Gasteiger charge is -2.14. The van der Waals surface area contributed by atoms with Gasteiger partial charge in [0.1, 0.15) is 5.75 Å². The first kappa shape index (κ1) is 13.4. The summed E-state index contributed by atoms with van der Waals surface area (Å²) in [7, 11) is 0. The lowest BCUT2D eigenvalue weighted by Crippen LogP contribution is -2.23. The van der Waals surface area contributed by atoms with Crippen LogP contribution in [0.4, 0.5) is 0 Å². The van der Waals surface area contributed by atoms with Crippen molar-refractivity contribution in [1.29, 1.82) is 0 Å². The summed E-state index contributed by atoms with van der Waals surface area (Å²) in [4.78, 5) is 0. The second-order valence-corrected chi connectivity index (χ2v) is 6.89. The average Bonchev–Trinajstić information content (AvgIpc) is 3.10. The molecule has 19 heavy (non-hydrogen) atoms. The molecule has 0 amide bonds. The molecule has 3 heteroatoms. The molecule has 1 unspecified atom stereocenters. The van der Waals surface area contributed by atoms with Gasteiger partial charge in [0, 0.05) is 16.9 Å². The maximum atomic E-state index is 5.79. The van der Waals surface area contributed by atoms with Crippen LogP contribution in [0.2, 0.25) is 0 Å². The SMILES string of the molecule is CC(CCc1cc(Br)cc2c1OCC2)CNC1CC1. The van der Waals surface area contributed by atoms with Crippen LogP contribution in [0.5, 0.6) is 5.75 Å². The van der Waals surface area contributed by atoms with Gasteiger partial charge in [0.15, 0.2) is 0 Å². The van der Waals surface area contributed by atoms with Gasteiger partial charge in [0.25, 0.3) is 0 Å². The Balaban J connectivity index is 1.56. The normalized spacial score (nSPS) is 19.1. The van der Waals surface area contributed by atoms with Crippen molar-refractivity contribution in [2.45, 2.75) is 45.1 Å². The maximum absolute atomic E-state index is 5.79. The number of rotatable bonds is 6. The molecule has 2 aliphatic rings. The van der Waals surface area contributed by atoms with Gasteiger partial charge in [-0.2, -0.15) is 0 Å². The number of halogens is 1. The van der Waals surface area contributed by atoms with Crippen molar-refractivity contribution in [3.05, 3.63) is 27.7 Å². The number of nitrogens with one attached hydrogen (secondary N) is 1. The van der Waals surface area contributed by atoms with Crippen molar-refractivity contribution in [2.24, 2.45) is 5.92 Å². The molecule has 1 aliphatic carbocycles. The molecule has 1 saturated carbocycles. The zero-order valence-corrected chi connectivity index (χ0v) is 13.1. The van der Waals surface area contributed by atoms with E-state index in [2.05, 4.69) is 40.3 Å². The van der Waals surface area contributed by atoms with Crippen molar-refractivity contribution in [3.8, 4) is 5.75 Å². The number of hydrogen-bond acceptors (Lipinski definition) is 2. The second-order valence-electron chi connectivity index (χ2n) is 5.98. The summed E-state index contributed by atoms with van der Waals surface area (Å²) < 4.78 is 6.98. The predicted octanol–water partition coefficient (Wildman–Crippen LogP) is 3.70. The van der Waals surface area contributed by atoms with E-state index >= 15 is 0 Å². The summed E-state index contributed by atoms with van der Waals surface area (Å²) in [6.07, 6.45) is 6.15. The first-order valence-electron chi connectivity index (χ1n) is 7.40. The van der Waals surface area contributed by atoms with Crippen LogP contribution < -0.4 is 10.1 Å². The van der Waals surface area contributed by atoms with Crippen LogP contribution in [0.25, 0.3) is 0 Å². The molecule has 0 spiro atoms. The van der Waals surface area contributed by atoms with Gasteiger partial charge in [-0.05, 0) is 61.4 Å². The minimum Gasteiger partial charge on any atom is -0.493 e. The predicted molar refractivity (Wildman–Crippen MR) is 81.9 cm³/mol. The van der Waals surface area contributed by atoms with Gasteiger partial charge < -0.3 is 10.1 Å². The number of aryl methyl sites for hydroxylation is 1. The molecule has 0 saturated heterocycles. The smallest absolute Gasteiger partial charge is 0.125 e. The van der Waals surface area contributed by atoms with E-state index < -0.39 is 0 Å². The largest absolute Gasteiger partial charge is 0.493 e. The molecule has 0 aromatic heterocycles. The van der Waals surface area contributed by atoms with Gasteiger partial charge in [0.2, 0.25) is 0 Å². The summed E-state index contributed by atoms with van der Waals surface area (Å²) >= 11 is 3.61. The fourth-order valence-electron chi connectivity index (χ4n) is 2.69. The van der Waals surface area contributed by atoms with Crippen LogP contribution in [0.3, 0.4) is 0 Å². The Labute approximate surface area is 124 Å². The third-order valence-electron chi connectivity index (χ3n) is 4.06. The van der Waals surface area contributed by atoms with E-state index in [0.717, 1.165) is 43.7 Å². The molecule has 1 N–H and O–H groups in total. The first-order valence-corrected chi connectivity index (χ1v) is 8.19. The molecule has 0 radical (unpaired) electrons. The van der Waals surface area contributed by atoms with Crippen molar-refractivity contribution in [1.82, 2.24) is 5.32 Å². The molecule has 1 aromatic rings. The minimum atomic E-state index is 0.733. The molecule has 2 nitrogen and oxygen atoms in total. The third kappa shape index (κ3) is 3.51. The molecule has 1 fully saturated rings. The van der Waals surface area contributed by atoms with Crippen molar-refractivity contribution in [2.75, 3.05) is 13.2 Å². The zero-order chi connectivity index (χ0) is 13.2. The van der Waals surface area contributed by atoms with Crippen LogP contribution >= 0.6 is 15.9 Å². The van der Waals surface area contributed by atoms with Gasteiger partial charge in [-0.25, -0.2) is 0 Å². The van der Waals surface area contributed by atoms with E-state index in [0.29, 0.717) is 0 Å². The van der Waals surface area contributed by atoms with Crippen LogP contribution in [0, 0.1) is 5.92 Å². The van der Waals surface area contributed by atoms with Crippen molar-refractivity contribution >= 4 is 15.9 Å². The molecule has 0 bridgehead atoms. The molecule has 3 rings (SSSR count). The Morgan fingerprint density at radius 1 is 1.42 bits per heavy atom. The minimum absolute atomic E-state index is 0.733. The monoisotopic (exact) mass is 323 g/mol. The molecule has 1 heterocycles. The number of ether oxygens (including phenoxy) is 1. The van der Waals surface area contributed by atoms with Gasteiger partial charge >= 0.3 is 0 Å². The zero-order valence-electron chi connectivity index (χ0n) is 11.5. The lowest BCUT2D eigenvalue weighted by molar-refractivity contribution is 0.352. The fourth-order valence-corrected chi connectivity index (χ4v) is 3.24. The van der Waals surface area contributed by atoms with Crippen molar-refractivity contribution < 1.29 is 4.74 Å². The highest BCUT2D eigenvalue weighted by atomic mass is 79.9. The highest BCUT2D eigenvalue weighted by Gasteiger charge is 2.21. The molecular weight excluding hydrogens is 302 g/mol. The fraction of sp³-hybridized carbons (Fsp3) is 0.625. The Hall–Kier alpha value is -0.540. The van der Waals surface area contributed by atoms with Gasteiger partial charge in [-0.1, -0.05) is 22.9 Å². The van der Waals surface area contributed by atoms with Crippen LogP contribution in [0.15, 0.2) is 16.6 Å². The first-order chi connectivity index (χ1) is 9.22. The summed E-state index contributed by atoms with van der Waals surface area (Å²) in [5.41, 5.74) is 2.74. The van der Waals surface area contributed by atoms with Gasteiger partial charge in [0.05, 0.1) is 6.61 Å². The summed E-state index contributed by atoms with van der Waals surface area (Å²) in [6.45, 7) is 4.34. The second kappa shape index (κ2) is 5.84. The maximum Gasteiger partial charge on any atom is 0.125 e. The topological polar surface area (TPSA) is 21.3 Å². The van der Waals surface area contributed by atoms with Gasteiger partial charge in [-0.15, -0.1) is 0 Å². The standard InChI is InChI=1S/C16H22BrNO/c1-11(10-18-15-4-5-15)2-3-12-8-14(17)9-13-6-7-19-16(12)13/h8-9,11,15,18H,2-7,10H2,1H3. The quantitative estimate of drug-likeness (QED) is 0.861. The van der Waals surface area contributed by atoms with E-state index in [1.807, 2.05) is 0 Å². The molecule has 1 aromatic carbocycles. The van der Waals surface area contributed by atoms with Crippen molar-refractivity contribution in [3.63, 3.8) is 0 Å². The summed E-state index contributed by atoms with van der Waals surface area (Å²) in [5.74, 6) is 1.89. The van der Waals surface area contributed by atoms with E-state index in [4.69, 9.17) is 4.74 Å². The number of hydrogen-bond donors (Lipinski definition) is 1. The molecular formula is C16H22BrNO.